The van der Waals surface area contributed by atoms with E-state index in [-0.39, 0.29) is 22.5 Å². The van der Waals surface area contributed by atoms with Crippen LogP contribution >= 0.6 is 11.8 Å². The van der Waals surface area contributed by atoms with E-state index in [1.807, 2.05) is 12.1 Å². The van der Waals surface area contributed by atoms with E-state index in [1.54, 1.807) is 23.1 Å². The molecule has 1 saturated heterocycles. The molecule has 0 aliphatic carbocycles. The average molecular weight is 329 g/mol. The molecule has 0 aromatic heterocycles. The van der Waals surface area contributed by atoms with Crippen LogP contribution < -0.4 is 4.90 Å². The molecular weight excluding hydrogens is 309 g/mol. The predicted molar refractivity (Wildman–Crippen MR) is 94.2 cm³/mol. The molecule has 2 nitrogen and oxygen atoms in total. The summed E-state index contributed by atoms with van der Waals surface area (Å²) in [6.45, 7) is 6.50. The quantitative estimate of drug-likeness (QED) is 0.781. The van der Waals surface area contributed by atoms with Gasteiger partial charge < -0.3 is 0 Å². The summed E-state index contributed by atoms with van der Waals surface area (Å²) in [6.07, 6.45) is 0. The van der Waals surface area contributed by atoms with Gasteiger partial charge in [0, 0.05) is 0 Å². The standard InChI is InChI=1S/C19H20FNOS/c1-19(2,3)14-10-8-13(9-11-14)18-21(17(22)12-23-18)16-7-5-4-6-15(16)20/h4-11,18H,12H2,1-3H3/t18-/m1/s1. The second kappa shape index (κ2) is 6.00. The summed E-state index contributed by atoms with van der Waals surface area (Å²) < 4.78 is 14.1. The summed E-state index contributed by atoms with van der Waals surface area (Å²) in [7, 11) is 0. The Bertz CT molecular complexity index is 721. The molecule has 1 heterocycles. The van der Waals surface area contributed by atoms with Crippen LogP contribution in [0.1, 0.15) is 37.3 Å². The predicted octanol–water partition coefficient (Wildman–Crippen LogP) is 4.90. The molecule has 1 aliphatic heterocycles. The fraction of sp³-hybridized carbons (Fsp3) is 0.316. The van der Waals surface area contributed by atoms with Crippen LogP contribution in [0.25, 0.3) is 0 Å². The maximum atomic E-state index is 14.1. The van der Waals surface area contributed by atoms with E-state index in [0.29, 0.717) is 11.4 Å². The first-order chi connectivity index (χ1) is 10.9. The molecule has 0 spiro atoms. The van der Waals surface area contributed by atoms with E-state index in [2.05, 4.69) is 32.9 Å². The van der Waals surface area contributed by atoms with Crippen molar-refractivity contribution in [1.29, 1.82) is 0 Å². The monoisotopic (exact) mass is 329 g/mol. The molecule has 1 fully saturated rings. The van der Waals surface area contributed by atoms with Crippen molar-refractivity contribution < 1.29 is 9.18 Å². The second-order valence-electron chi connectivity index (χ2n) is 6.75. The number of para-hydroxylation sites is 1. The van der Waals surface area contributed by atoms with Gasteiger partial charge in [0.2, 0.25) is 5.91 Å². The van der Waals surface area contributed by atoms with Gasteiger partial charge in [-0.3, -0.25) is 9.69 Å². The van der Waals surface area contributed by atoms with Gasteiger partial charge in [0.05, 0.1) is 11.4 Å². The van der Waals surface area contributed by atoms with Crippen molar-refractivity contribution >= 4 is 23.4 Å². The molecule has 2 aromatic rings. The fourth-order valence-electron chi connectivity index (χ4n) is 2.73. The molecule has 3 rings (SSSR count). The van der Waals surface area contributed by atoms with Crippen molar-refractivity contribution in [1.82, 2.24) is 0 Å². The van der Waals surface area contributed by atoms with Gasteiger partial charge in [-0.15, -0.1) is 11.8 Å². The van der Waals surface area contributed by atoms with E-state index in [4.69, 9.17) is 0 Å². The highest BCUT2D eigenvalue weighted by atomic mass is 32.2. The van der Waals surface area contributed by atoms with Gasteiger partial charge in [-0.05, 0) is 28.7 Å². The summed E-state index contributed by atoms with van der Waals surface area (Å²) >= 11 is 1.54. The topological polar surface area (TPSA) is 20.3 Å². The first kappa shape index (κ1) is 16.1. The lowest BCUT2D eigenvalue weighted by Crippen LogP contribution is -2.28. The van der Waals surface area contributed by atoms with Gasteiger partial charge in [-0.2, -0.15) is 0 Å². The lowest BCUT2D eigenvalue weighted by atomic mass is 9.86. The minimum absolute atomic E-state index is 0.0509. The van der Waals surface area contributed by atoms with Crippen molar-refractivity contribution in [2.45, 2.75) is 31.6 Å². The summed E-state index contributed by atoms with van der Waals surface area (Å²) in [5, 5.41) is -0.173. The number of hydrogen-bond acceptors (Lipinski definition) is 2. The average Bonchev–Trinajstić information content (AvgIpc) is 2.89. The van der Waals surface area contributed by atoms with Gasteiger partial charge in [-0.25, -0.2) is 4.39 Å². The Labute approximate surface area is 140 Å². The molecule has 0 N–H and O–H groups in total. The molecule has 4 heteroatoms. The van der Waals surface area contributed by atoms with Gasteiger partial charge in [0.1, 0.15) is 11.2 Å². The SMILES string of the molecule is CC(C)(C)c1ccc([C@H]2SCC(=O)N2c2ccccc2F)cc1. The van der Waals surface area contributed by atoms with Crippen LogP contribution in [-0.4, -0.2) is 11.7 Å². The molecule has 0 unspecified atom stereocenters. The summed E-state index contributed by atoms with van der Waals surface area (Å²) in [6, 6.07) is 14.7. The number of anilines is 1. The van der Waals surface area contributed by atoms with Crippen molar-refractivity contribution in [2.24, 2.45) is 0 Å². The normalized spacial score (nSPS) is 18.5. The number of carbonyl (C=O) groups excluding carboxylic acids is 1. The molecule has 2 aromatic carbocycles. The minimum Gasteiger partial charge on any atom is -0.292 e. The largest absolute Gasteiger partial charge is 0.292 e. The first-order valence-electron chi connectivity index (χ1n) is 7.66. The molecule has 1 aliphatic rings. The zero-order chi connectivity index (χ0) is 16.6. The Kier molecular flexibility index (Phi) is 4.19. The zero-order valence-electron chi connectivity index (χ0n) is 13.5. The number of thioether (sulfide) groups is 1. The smallest absolute Gasteiger partial charge is 0.238 e. The Balaban J connectivity index is 1.95. The number of hydrogen-bond donors (Lipinski definition) is 0. The van der Waals surface area contributed by atoms with Crippen molar-refractivity contribution in [3.63, 3.8) is 0 Å². The zero-order valence-corrected chi connectivity index (χ0v) is 14.4. The van der Waals surface area contributed by atoms with Crippen LogP contribution in [0.4, 0.5) is 10.1 Å². The number of benzene rings is 2. The highest BCUT2D eigenvalue weighted by Crippen LogP contribution is 2.42. The van der Waals surface area contributed by atoms with Crippen LogP contribution in [0.3, 0.4) is 0 Å². The van der Waals surface area contributed by atoms with E-state index >= 15 is 0 Å². The maximum Gasteiger partial charge on any atom is 0.238 e. The Morgan fingerprint density at radius 2 is 1.74 bits per heavy atom. The van der Waals surface area contributed by atoms with Gasteiger partial charge in [-0.1, -0.05) is 57.2 Å². The maximum absolute atomic E-state index is 14.1. The number of rotatable bonds is 2. The van der Waals surface area contributed by atoms with Gasteiger partial charge in [0.15, 0.2) is 0 Å². The summed E-state index contributed by atoms with van der Waals surface area (Å²) in [5.74, 6) is -0.0373. The molecule has 0 bridgehead atoms. The minimum atomic E-state index is -0.361. The molecule has 0 radical (unpaired) electrons. The van der Waals surface area contributed by atoms with E-state index in [1.165, 1.54) is 23.4 Å². The van der Waals surface area contributed by atoms with Crippen LogP contribution in [0.5, 0.6) is 0 Å². The number of amides is 1. The Morgan fingerprint density at radius 1 is 1.09 bits per heavy atom. The second-order valence-corrected chi connectivity index (χ2v) is 7.82. The van der Waals surface area contributed by atoms with Crippen molar-refractivity contribution in [2.75, 3.05) is 10.7 Å². The first-order valence-corrected chi connectivity index (χ1v) is 8.71. The number of nitrogens with zero attached hydrogens (tertiary/aromatic N) is 1. The van der Waals surface area contributed by atoms with Crippen LogP contribution in [0.2, 0.25) is 0 Å². The summed E-state index contributed by atoms with van der Waals surface area (Å²) in [4.78, 5) is 13.9. The Hall–Kier alpha value is -1.81. The summed E-state index contributed by atoms with van der Waals surface area (Å²) in [5.41, 5.74) is 2.71. The number of carbonyl (C=O) groups is 1. The third-order valence-electron chi connectivity index (χ3n) is 4.04. The molecule has 1 atom stereocenters. The lowest BCUT2D eigenvalue weighted by molar-refractivity contribution is -0.115. The van der Waals surface area contributed by atoms with Gasteiger partial charge >= 0.3 is 0 Å². The molecule has 23 heavy (non-hydrogen) atoms. The third-order valence-corrected chi connectivity index (χ3v) is 5.25. The highest BCUT2D eigenvalue weighted by molar-refractivity contribution is 8.00. The van der Waals surface area contributed by atoms with Crippen LogP contribution in [0, 0.1) is 5.82 Å². The number of halogens is 1. The van der Waals surface area contributed by atoms with Crippen LogP contribution in [0.15, 0.2) is 48.5 Å². The highest BCUT2D eigenvalue weighted by Gasteiger charge is 2.35. The van der Waals surface area contributed by atoms with E-state index in [9.17, 15) is 9.18 Å². The molecule has 120 valence electrons. The molecular formula is C19H20FNOS. The third kappa shape index (κ3) is 3.13. The molecule has 1 amide bonds. The fourth-order valence-corrected chi connectivity index (χ4v) is 3.90. The van der Waals surface area contributed by atoms with E-state index < -0.39 is 0 Å². The molecule has 0 saturated carbocycles. The van der Waals surface area contributed by atoms with Crippen LogP contribution in [-0.2, 0) is 10.2 Å². The van der Waals surface area contributed by atoms with E-state index in [0.717, 1.165) is 5.56 Å². The van der Waals surface area contributed by atoms with Gasteiger partial charge in [0.25, 0.3) is 0 Å². The lowest BCUT2D eigenvalue weighted by Gasteiger charge is -2.26. The van der Waals surface area contributed by atoms with Crippen molar-refractivity contribution in [3.8, 4) is 0 Å². The Morgan fingerprint density at radius 3 is 2.35 bits per heavy atom. The van der Waals surface area contributed by atoms with Crippen molar-refractivity contribution in [3.05, 3.63) is 65.5 Å².